The van der Waals surface area contributed by atoms with Crippen molar-refractivity contribution in [1.82, 2.24) is 4.67 Å². The van der Waals surface area contributed by atoms with Gasteiger partial charge < -0.3 is 9.05 Å². The van der Waals surface area contributed by atoms with Gasteiger partial charge in [0.15, 0.2) is 0 Å². The maximum atomic E-state index is 8.68. The standard InChI is InChI=1S/C17H35N2O2P/c1-15(2)19(16(3)4)22(21-14-10-12-18)20-13-9-8-11-17(5,6)7/h15-16H,8-11,13-14H2,1-7H3. The van der Waals surface area contributed by atoms with Crippen molar-refractivity contribution in [2.45, 2.75) is 86.2 Å². The molecule has 0 aromatic heterocycles. The molecule has 0 bridgehead atoms. The van der Waals surface area contributed by atoms with Crippen LogP contribution in [0.2, 0.25) is 0 Å². The number of unbranched alkanes of at least 4 members (excludes halogenated alkanes) is 1. The molecule has 0 aromatic carbocycles. The van der Waals surface area contributed by atoms with E-state index in [1.54, 1.807) is 0 Å². The van der Waals surface area contributed by atoms with Gasteiger partial charge in [-0.1, -0.05) is 27.2 Å². The Hall–Kier alpha value is -0.200. The third-order valence-electron chi connectivity index (χ3n) is 3.19. The summed E-state index contributed by atoms with van der Waals surface area (Å²) in [5.41, 5.74) is 0.385. The first-order valence-electron chi connectivity index (χ1n) is 8.40. The average Bonchev–Trinajstić information content (AvgIpc) is 2.35. The Labute approximate surface area is 139 Å². The normalized spacial score (nSPS) is 13.9. The van der Waals surface area contributed by atoms with E-state index in [-0.39, 0.29) is 0 Å². The second-order valence-corrected chi connectivity index (χ2v) is 8.85. The van der Waals surface area contributed by atoms with E-state index in [0.29, 0.717) is 30.5 Å². The van der Waals surface area contributed by atoms with E-state index < -0.39 is 8.53 Å². The summed E-state index contributed by atoms with van der Waals surface area (Å²) in [7, 11) is -1.08. The molecule has 1 unspecified atom stereocenters. The number of nitriles is 1. The van der Waals surface area contributed by atoms with Crippen molar-refractivity contribution in [3.8, 4) is 6.07 Å². The minimum Gasteiger partial charge on any atom is -0.322 e. The Kier molecular flexibility index (Phi) is 11.3. The molecule has 0 aliphatic heterocycles. The van der Waals surface area contributed by atoms with Crippen LogP contribution in [0.15, 0.2) is 0 Å². The van der Waals surface area contributed by atoms with Crippen LogP contribution in [0, 0.1) is 16.7 Å². The lowest BCUT2D eigenvalue weighted by molar-refractivity contribution is 0.173. The minimum absolute atomic E-state index is 0.364. The molecule has 0 N–H and O–H groups in total. The highest BCUT2D eigenvalue weighted by Crippen LogP contribution is 2.46. The molecule has 0 rings (SSSR count). The Morgan fingerprint density at radius 3 is 2.00 bits per heavy atom. The van der Waals surface area contributed by atoms with E-state index in [1.165, 1.54) is 12.8 Å². The molecule has 5 heteroatoms. The molecule has 0 saturated carbocycles. The first kappa shape index (κ1) is 21.8. The lowest BCUT2D eigenvalue weighted by atomic mass is 9.90. The van der Waals surface area contributed by atoms with Crippen molar-refractivity contribution >= 4 is 8.53 Å². The van der Waals surface area contributed by atoms with Crippen molar-refractivity contribution in [2.75, 3.05) is 13.2 Å². The van der Waals surface area contributed by atoms with Crippen LogP contribution in [0.5, 0.6) is 0 Å². The Balaban J connectivity index is 4.37. The molecule has 130 valence electrons. The van der Waals surface area contributed by atoms with Crippen LogP contribution in [-0.2, 0) is 9.05 Å². The Morgan fingerprint density at radius 1 is 1.00 bits per heavy atom. The number of nitrogens with zero attached hydrogens (tertiary/aromatic N) is 2. The lowest BCUT2D eigenvalue weighted by Crippen LogP contribution is -2.33. The summed E-state index contributed by atoms with van der Waals surface area (Å²) in [5.74, 6) is 0. The Morgan fingerprint density at radius 2 is 1.55 bits per heavy atom. The molecule has 0 radical (unpaired) electrons. The van der Waals surface area contributed by atoms with E-state index >= 15 is 0 Å². The van der Waals surface area contributed by atoms with E-state index in [0.717, 1.165) is 13.0 Å². The summed E-state index contributed by atoms with van der Waals surface area (Å²) in [6, 6.07) is 2.85. The van der Waals surface area contributed by atoms with Gasteiger partial charge >= 0.3 is 0 Å². The zero-order valence-electron chi connectivity index (χ0n) is 15.6. The van der Waals surface area contributed by atoms with Crippen LogP contribution < -0.4 is 0 Å². The highest BCUT2D eigenvalue weighted by Gasteiger charge is 2.26. The molecule has 4 nitrogen and oxygen atoms in total. The number of rotatable bonds is 11. The summed E-state index contributed by atoms with van der Waals surface area (Å²) in [6.07, 6.45) is 3.86. The topological polar surface area (TPSA) is 45.5 Å². The van der Waals surface area contributed by atoms with Gasteiger partial charge in [0.1, 0.15) is 0 Å². The smallest absolute Gasteiger partial charge is 0.259 e. The summed E-state index contributed by atoms with van der Waals surface area (Å²) in [5, 5.41) is 8.68. The third-order valence-corrected chi connectivity index (χ3v) is 5.29. The van der Waals surface area contributed by atoms with Crippen molar-refractivity contribution in [2.24, 2.45) is 5.41 Å². The van der Waals surface area contributed by atoms with Gasteiger partial charge in [0.05, 0.1) is 25.7 Å². The van der Waals surface area contributed by atoms with Crippen molar-refractivity contribution in [3.05, 3.63) is 0 Å². The van der Waals surface area contributed by atoms with Crippen LogP contribution in [0.25, 0.3) is 0 Å². The molecule has 0 spiro atoms. The van der Waals surface area contributed by atoms with Crippen molar-refractivity contribution < 1.29 is 9.05 Å². The molecule has 0 aromatic rings. The zero-order chi connectivity index (χ0) is 17.2. The average molecular weight is 330 g/mol. The predicted molar refractivity (Wildman–Crippen MR) is 94.5 cm³/mol. The highest BCUT2D eigenvalue weighted by atomic mass is 31.2. The summed E-state index contributed by atoms with van der Waals surface area (Å²) in [6.45, 7) is 16.6. The third kappa shape index (κ3) is 10.5. The van der Waals surface area contributed by atoms with Gasteiger partial charge in [0, 0.05) is 12.1 Å². The van der Waals surface area contributed by atoms with Crippen LogP contribution in [0.1, 0.15) is 74.1 Å². The quantitative estimate of drug-likeness (QED) is 0.371. The second-order valence-electron chi connectivity index (χ2n) is 7.40. The summed E-state index contributed by atoms with van der Waals surface area (Å²) < 4.78 is 14.2. The van der Waals surface area contributed by atoms with Gasteiger partial charge in [-0.15, -0.1) is 0 Å². The zero-order valence-corrected chi connectivity index (χ0v) is 16.4. The van der Waals surface area contributed by atoms with E-state index in [1.807, 2.05) is 0 Å². The number of hydrogen-bond donors (Lipinski definition) is 0. The lowest BCUT2D eigenvalue weighted by Gasteiger charge is -2.35. The minimum atomic E-state index is -1.08. The number of hydrogen-bond acceptors (Lipinski definition) is 4. The molecule has 1 atom stereocenters. The maximum Gasteiger partial charge on any atom is 0.259 e. The summed E-state index contributed by atoms with van der Waals surface area (Å²) in [4.78, 5) is 0. The van der Waals surface area contributed by atoms with E-state index in [9.17, 15) is 0 Å². The first-order chi connectivity index (χ1) is 10.2. The van der Waals surface area contributed by atoms with E-state index in [2.05, 4.69) is 59.2 Å². The molecular formula is C17H35N2O2P. The van der Waals surface area contributed by atoms with Crippen LogP contribution in [0.3, 0.4) is 0 Å². The fraction of sp³-hybridized carbons (Fsp3) is 0.941. The molecule has 0 fully saturated rings. The van der Waals surface area contributed by atoms with Crippen molar-refractivity contribution in [1.29, 1.82) is 5.26 Å². The van der Waals surface area contributed by atoms with E-state index in [4.69, 9.17) is 14.3 Å². The van der Waals surface area contributed by atoms with Crippen molar-refractivity contribution in [3.63, 3.8) is 0 Å². The van der Waals surface area contributed by atoms with Crippen LogP contribution in [0.4, 0.5) is 0 Å². The van der Waals surface area contributed by atoms with Crippen LogP contribution in [-0.4, -0.2) is 30.0 Å². The second kappa shape index (κ2) is 11.4. The van der Waals surface area contributed by atoms with Gasteiger partial charge in [-0.3, -0.25) is 0 Å². The predicted octanol–water partition coefficient (Wildman–Crippen LogP) is 5.50. The van der Waals surface area contributed by atoms with Gasteiger partial charge in [-0.25, -0.2) is 4.67 Å². The largest absolute Gasteiger partial charge is 0.322 e. The molecule has 0 aliphatic carbocycles. The monoisotopic (exact) mass is 330 g/mol. The highest BCUT2D eigenvalue weighted by molar-refractivity contribution is 7.44. The SMILES string of the molecule is CC(C)N(C(C)C)P(OCCC#N)OCCCCC(C)(C)C. The summed E-state index contributed by atoms with van der Waals surface area (Å²) >= 11 is 0. The molecule has 0 amide bonds. The fourth-order valence-electron chi connectivity index (χ4n) is 2.21. The molecule has 0 aliphatic rings. The van der Waals surface area contributed by atoms with Gasteiger partial charge in [-0.2, -0.15) is 5.26 Å². The fourth-order valence-corrected chi connectivity index (χ4v) is 3.84. The van der Waals surface area contributed by atoms with Crippen LogP contribution >= 0.6 is 8.53 Å². The van der Waals surface area contributed by atoms with Gasteiger partial charge in [0.2, 0.25) is 0 Å². The first-order valence-corrected chi connectivity index (χ1v) is 9.53. The molecule has 22 heavy (non-hydrogen) atoms. The Bertz CT molecular complexity index is 314. The molecule has 0 saturated heterocycles. The van der Waals surface area contributed by atoms with Gasteiger partial charge in [-0.05, 0) is 46.0 Å². The maximum absolute atomic E-state index is 8.68. The molecular weight excluding hydrogens is 295 g/mol. The van der Waals surface area contributed by atoms with Gasteiger partial charge in [0.25, 0.3) is 8.53 Å². The molecule has 0 heterocycles.